The smallest absolute Gasteiger partial charge is 0.486 e. The summed E-state index contributed by atoms with van der Waals surface area (Å²) < 4.78 is 51.6. The fourth-order valence-corrected chi connectivity index (χ4v) is 3.28. The fourth-order valence-electron chi connectivity index (χ4n) is 3.28. The molecule has 9 heteroatoms. The highest BCUT2D eigenvalue weighted by Crippen LogP contribution is 2.37. The first-order valence-corrected chi connectivity index (χ1v) is 9.62. The Kier molecular flexibility index (Phi) is 6.54. The Labute approximate surface area is 171 Å². The van der Waals surface area contributed by atoms with Crippen molar-refractivity contribution in [3.05, 3.63) is 23.8 Å². The summed E-state index contributed by atoms with van der Waals surface area (Å²) in [5.74, 6) is -2.41. The van der Waals surface area contributed by atoms with Crippen LogP contribution in [0.4, 0.5) is 13.6 Å². The van der Waals surface area contributed by atoms with Gasteiger partial charge in [0.15, 0.2) is 17.4 Å². The maximum atomic E-state index is 14.7. The molecule has 1 heterocycles. The molecule has 1 saturated heterocycles. The van der Waals surface area contributed by atoms with Crippen LogP contribution in [0, 0.1) is 17.6 Å². The third-order valence-corrected chi connectivity index (χ3v) is 5.30. The lowest BCUT2D eigenvalue weighted by Gasteiger charge is -2.32. The number of rotatable bonds is 7. The van der Waals surface area contributed by atoms with E-state index in [1.165, 1.54) is 12.1 Å². The number of carbonyl (C=O) groups is 1. The van der Waals surface area contributed by atoms with Crippen LogP contribution in [0.3, 0.4) is 0 Å². The Bertz CT molecular complexity index is 755. The molecule has 1 atom stereocenters. The largest absolute Gasteiger partial charge is 0.497 e. The third-order valence-electron chi connectivity index (χ3n) is 5.30. The van der Waals surface area contributed by atoms with Crippen LogP contribution in [0.2, 0.25) is 0 Å². The van der Waals surface area contributed by atoms with Gasteiger partial charge in [-0.3, -0.25) is 0 Å². The molecular weight excluding hydrogens is 383 g/mol. The van der Waals surface area contributed by atoms with E-state index in [-0.39, 0.29) is 23.7 Å². The lowest BCUT2D eigenvalue weighted by molar-refractivity contribution is -0.0195. The lowest BCUT2D eigenvalue weighted by atomic mass is 9.78. The van der Waals surface area contributed by atoms with E-state index in [9.17, 15) is 13.6 Å². The topological polar surface area (TPSA) is 80.0 Å². The first kappa shape index (κ1) is 23.4. The van der Waals surface area contributed by atoms with Crippen LogP contribution in [-0.4, -0.2) is 36.6 Å². The fraction of sp³-hybridized carbons (Fsp3) is 0.650. The number of nitrogens with two attached hydrogens (primary N) is 1. The van der Waals surface area contributed by atoms with E-state index in [0.29, 0.717) is 6.42 Å². The van der Waals surface area contributed by atoms with E-state index in [4.69, 9.17) is 24.5 Å². The summed E-state index contributed by atoms with van der Waals surface area (Å²) in [5.41, 5.74) is 2.65. The van der Waals surface area contributed by atoms with Crippen molar-refractivity contribution in [3.63, 3.8) is 0 Å². The van der Waals surface area contributed by atoms with E-state index in [0.717, 1.165) is 0 Å². The van der Waals surface area contributed by atoms with Gasteiger partial charge in [0.05, 0.1) is 11.2 Å². The average molecular weight is 413 g/mol. The molecule has 1 amide bonds. The SMILES string of the molecule is CC(C)CC(C)(COc1ccc(B2OC(C)(C)C(C)(C)O2)c(F)c1F)OC(N)=O. The number of benzene rings is 1. The van der Waals surface area contributed by atoms with Crippen molar-refractivity contribution in [1.82, 2.24) is 0 Å². The zero-order valence-electron chi connectivity index (χ0n) is 18.1. The molecule has 2 N–H and O–H groups in total. The number of ether oxygens (including phenoxy) is 2. The van der Waals surface area contributed by atoms with Crippen molar-refractivity contribution in [3.8, 4) is 5.75 Å². The molecule has 0 spiro atoms. The van der Waals surface area contributed by atoms with Gasteiger partial charge in [-0.25, -0.2) is 9.18 Å². The second kappa shape index (κ2) is 8.10. The van der Waals surface area contributed by atoms with Gasteiger partial charge in [-0.05, 0) is 53.0 Å². The van der Waals surface area contributed by atoms with Gasteiger partial charge < -0.3 is 24.5 Å². The number of carbonyl (C=O) groups excluding carboxylic acids is 1. The van der Waals surface area contributed by atoms with Gasteiger partial charge in [0, 0.05) is 5.46 Å². The molecule has 162 valence electrons. The Morgan fingerprint density at radius 1 is 1.17 bits per heavy atom. The quantitative estimate of drug-likeness (QED) is 0.692. The van der Waals surface area contributed by atoms with Gasteiger partial charge in [0.1, 0.15) is 12.2 Å². The zero-order chi connectivity index (χ0) is 22.2. The Balaban J connectivity index is 2.20. The summed E-state index contributed by atoms with van der Waals surface area (Å²) in [6, 6.07) is 2.67. The minimum Gasteiger partial charge on any atom is -0.486 e. The van der Waals surface area contributed by atoms with E-state index in [2.05, 4.69) is 0 Å². The van der Waals surface area contributed by atoms with Crippen LogP contribution in [0.15, 0.2) is 12.1 Å². The monoisotopic (exact) mass is 413 g/mol. The van der Waals surface area contributed by atoms with Crippen molar-refractivity contribution in [1.29, 1.82) is 0 Å². The first-order chi connectivity index (χ1) is 13.2. The van der Waals surface area contributed by atoms with E-state index >= 15 is 0 Å². The standard InChI is InChI=1S/C20H30BF2NO5/c1-12(2)10-20(7,27-17(24)25)11-26-14-9-8-13(15(22)16(14)23)21-28-18(3,4)19(5,6)29-21/h8-9,12H,10-11H2,1-7H3,(H2,24,25). The molecular formula is C20H30BF2NO5. The second-order valence-corrected chi connectivity index (χ2v) is 9.13. The van der Waals surface area contributed by atoms with Gasteiger partial charge >= 0.3 is 13.2 Å². The summed E-state index contributed by atoms with van der Waals surface area (Å²) in [5, 5.41) is 0. The number of hydrogen-bond acceptors (Lipinski definition) is 5. The van der Waals surface area contributed by atoms with Gasteiger partial charge in [0.25, 0.3) is 0 Å². The normalized spacial score (nSPS) is 19.9. The molecule has 1 aromatic carbocycles. The average Bonchev–Trinajstić information content (AvgIpc) is 2.75. The summed E-state index contributed by atoms with van der Waals surface area (Å²) in [4.78, 5) is 11.2. The lowest BCUT2D eigenvalue weighted by Crippen LogP contribution is -2.41. The van der Waals surface area contributed by atoms with Crippen molar-refractivity contribution >= 4 is 18.7 Å². The number of halogens is 2. The van der Waals surface area contributed by atoms with E-state index in [1.54, 1.807) is 6.92 Å². The maximum Gasteiger partial charge on any atom is 0.497 e. The van der Waals surface area contributed by atoms with Crippen molar-refractivity contribution in [2.24, 2.45) is 11.7 Å². The Morgan fingerprint density at radius 2 is 1.72 bits per heavy atom. The zero-order valence-corrected chi connectivity index (χ0v) is 18.1. The van der Waals surface area contributed by atoms with Gasteiger partial charge in [-0.2, -0.15) is 4.39 Å². The molecule has 1 unspecified atom stereocenters. The summed E-state index contributed by atoms with van der Waals surface area (Å²) in [7, 11) is -1.03. The predicted octanol–water partition coefficient (Wildman–Crippen LogP) is 3.54. The van der Waals surface area contributed by atoms with Gasteiger partial charge in [-0.15, -0.1) is 0 Å². The Hall–Kier alpha value is -1.87. The molecule has 0 aliphatic carbocycles. The summed E-state index contributed by atoms with van der Waals surface area (Å²) >= 11 is 0. The third kappa shape index (κ3) is 5.19. The van der Waals surface area contributed by atoms with Gasteiger partial charge in [0.2, 0.25) is 0 Å². The number of primary amides is 1. The molecule has 2 rings (SSSR count). The van der Waals surface area contributed by atoms with Crippen molar-refractivity contribution in [2.45, 2.75) is 71.7 Å². The second-order valence-electron chi connectivity index (χ2n) is 9.13. The van der Waals surface area contributed by atoms with Crippen molar-refractivity contribution in [2.75, 3.05) is 6.61 Å². The molecule has 0 radical (unpaired) electrons. The van der Waals surface area contributed by atoms with Crippen LogP contribution in [0.5, 0.6) is 5.75 Å². The van der Waals surface area contributed by atoms with Crippen LogP contribution >= 0.6 is 0 Å². The molecule has 0 aromatic heterocycles. The minimum atomic E-state index is -1.16. The highest BCUT2D eigenvalue weighted by Gasteiger charge is 2.52. The predicted molar refractivity (Wildman–Crippen MR) is 106 cm³/mol. The first-order valence-electron chi connectivity index (χ1n) is 9.62. The number of hydrogen-bond donors (Lipinski definition) is 1. The van der Waals surface area contributed by atoms with Crippen LogP contribution in [-0.2, 0) is 14.0 Å². The number of amides is 1. The molecule has 29 heavy (non-hydrogen) atoms. The molecule has 1 aliphatic rings. The highest BCUT2D eigenvalue weighted by atomic mass is 19.2. The maximum absolute atomic E-state index is 14.7. The highest BCUT2D eigenvalue weighted by molar-refractivity contribution is 6.62. The summed E-state index contributed by atoms with van der Waals surface area (Å²) in [6.45, 7) is 12.6. The minimum absolute atomic E-state index is 0.0492. The molecule has 0 saturated carbocycles. The van der Waals surface area contributed by atoms with Crippen LogP contribution < -0.4 is 15.9 Å². The molecule has 6 nitrogen and oxygen atoms in total. The molecule has 1 fully saturated rings. The van der Waals surface area contributed by atoms with Crippen molar-refractivity contribution < 1.29 is 32.4 Å². The van der Waals surface area contributed by atoms with E-state index in [1.807, 2.05) is 41.5 Å². The molecule has 0 bridgehead atoms. The van der Waals surface area contributed by atoms with Crippen LogP contribution in [0.1, 0.15) is 54.9 Å². The van der Waals surface area contributed by atoms with Gasteiger partial charge in [-0.1, -0.05) is 19.9 Å². The van der Waals surface area contributed by atoms with Crippen LogP contribution in [0.25, 0.3) is 0 Å². The molecule has 1 aliphatic heterocycles. The Morgan fingerprint density at radius 3 is 2.21 bits per heavy atom. The van der Waals surface area contributed by atoms with E-state index < -0.39 is 41.6 Å². The molecule has 1 aromatic rings. The summed E-state index contributed by atoms with van der Waals surface area (Å²) in [6.07, 6.45) is -0.522.